The van der Waals surface area contributed by atoms with Crippen LogP contribution in [0.2, 0.25) is 0 Å². The highest BCUT2D eigenvalue weighted by Gasteiger charge is 2.34. The van der Waals surface area contributed by atoms with Crippen LogP contribution in [-0.2, 0) is 9.84 Å². The molecule has 6 heteroatoms. The highest BCUT2D eigenvalue weighted by Crippen LogP contribution is 2.43. The molecule has 1 atom stereocenters. The van der Waals surface area contributed by atoms with Crippen LogP contribution in [0, 0.1) is 0 Å². The molecule has 0 fully saturated rings. The summed E-state index contributed by atoms with van der Waals surface area (Å²) in [4.78, 5) is 2.16. The Labute approximate surface area is 123 Å². The van der Waals surface area contributed by atoms with Crippen molar-refractivity contribution in [2.24, 2.45) is 0 Å². The number of para-hydroxylation sites is 2. The summed E-state index contributed by atoms with van der Waals surface area (Å²) >= 11 is 0. The summed E-state index contributed by atoms with van der Waals surface area (Å²) in [5, 5.41) is 18.8. The van der Waals surface area contributed by atoms with Gasteiger partial charge in [-0.1, -0.05) is 24.3 Å². The van der Waals surface area contributed by atoms with Gasteiger partial charge in [-0.05, 0) is 24.3 Å². The maximum atomic E-state index is 12.7. The number of aliphatic hydroxyl groups excluding tert-OH is 2. The molecule has 2 aromatic rings. The lowest BCUT2D eigenvalue weighted by molar-refractivity contribution is 0.101. The van der Waals surface area contributed by atoms with Crippen LogP contribution in [0.3, 0.4) is 0 Å². The molecule has 0 aromatic heterocycles. The first-order valence-electron chi connectivity index (χ1n) is 6.55. The molecule has 0 radical (unpaired) electrons. The Morgan fingerprint density at radius 3 is 1.90 bits per heavy atom. The van der Waals surface area contributed by atoms with Gasteiger partial charge in [-0.15, -0.1) is 0 Å². The summed E-state index contributed by atoms with van der Waals surface area (Å²) in [6, 6.07) is 13.4. The molecule has 110 valence electrons. The fourth-order valence-corrected chi connectivity index (χ4v) is 4.19. The first-order chi connectivity index (χ1) is 10.1. The Morgan fingerprint density at radius 2 is 1.43 bits per heavy atom. The van der Waals surface area contributed by atoms with Crippen molar-refractivity contribution in [1.29, 1.82) is 0 Å². The molecule has 0 bridgehead atoms. The number of nitrogens with zero attached hydrogens (tertiary/aromatic N) is 1. The molecule has 0 aliphatic carbocycles. The molecule has 1 aliphatic rings. The minimum Gasteiger partial charge on any atom is -0.394 e. The maximum Gasteiger partial charge on any atom is 0.210 e. The summed E-state index contributed by atoms with van der Waals surface area (Å²) in [5.41, 5.74) is 1.03. The third-order valence-corrected chi connectivity index (χ3v) is 5.34. The van der Waals surface area contributed by atoms with E-state index >= 15 is 0 Å². The third kappa shape index (κ3) is 2.21. The SMILES string of the molecule is O=S1(=O)c2ccccc2N(CC(O)CO)c2ccccc21. The number of sulfone groups is 1. The molecular weight excluding hydrogens is 290 g/mol. The normalized spacial score (nSPS) is 17.0. The molecule has 21 heavy (non-hydrogen) atoms. The van der Waals surface area contributed by atoms with E-state index in [0.29, 0.717) is 11.4 Å². The number of benzene rings is 2. The maximum absolute atomic E-state index is 12.7. The van der Waals surface area contributed by atoms with E-state index in [9.17, 15) is 13.5 Å². The van der Waals surface area contributed by atoms with Gasteiger partial charge in [-0.3, -0.25) is 0 Å². The zero-order valence-corrected chi connectivity index (χ0v) is 12.0. The van der Waals surface area contributed by atoms with Crippen LogP contribution in [-0.4, -0.2) is 37.9 Å². The largest absolute Gasteiger partial charge is 0.394 e. The molecule has 2 aromatic carbocycles. The molecule has 1 unspecified atom stereocenters. The van der Waals surface area contributed by atoms with Crippen molar-refractivity contribution in [2.75, 3.05) is 18.1 Å². The highest BCUT2D eigenvalue weighted by atomic mass is 32.2. The van der Waals surface area contributed by atoms with Gasteiger partial charge in [0.2, 0.25) is 9.84 Å². The van der Waals surface area contributed by atoms with Gasteiger partial charge in [-0.2, -0.15) is 0 Å². The number of anilines is 2. The van der Waals surface area contributed by atoms with E-state index in [-0.39, 0.29) is 22.9 Å². The van der Waals surface area contributed by atoms with Gasteiger partial charge in [0.05, 0.1) is 40.4 Å². The molecule has 5 nitrogen and oxygen atoms in total. The Morgan fingerprint density at radius 1 is 0.952 bits per heavy atom. The summed E-state index contributed by atoms with van der Waals surface area (Å²) in [7, 11) is -3.56. The summed E-state index contributed by atoms with van der Waals surface area (Å²) in [6.45, 7) is -0.256. The quantitative estimate of drug-likeness (QED) is 0.894. The zero-order chi connectivity index (χ0) is 15.0. The Bertz CT molecular complexity index is 719. The van der Waals surface area contributed by atoms with Gasteiger partial charge in [0.1, 0.15) is 0 Å². The summed E-state index contributed by atoms with van der Waals surface area (Å²) < 4.78 is 25.3. The van der Waals surface area contributed by atoms with E-state index in [1.165, 1.54) is 0 Å². The van der Waals surface area contributed by atoms with Crippen LogP contribution >= 0.6 is 0 Å². The molecule has 0 spiro atoms. The number of aliphatic hydroxyl groups is 2. The molecule has 0 saturated carbocycles. The Balaban J connectivity index is 2.24. The van der Waals surface area contributed by atoms with E-state index < -0.39 is 15.9 Å². The summed E-state index contributed by atoms with van der Waals surface area (Å²) in [6.07, 6.45) is -0.952. The molecule has 3 rings (SSSR count). The van der Waals surface area contributed by atoms with Crippen molar-refractivity contribution in [3.63, 3.8) is 0 Å². The number of fused-ring (bicyclic) bond motifs is 2. The topological polar surface area (TPSA) is 77.8 Å². The minimum absolute atomic E-state index is 0.125. The van der Waals surface area contributed by atoms with Crippen LogP contribution in [0.5, 0.6) is 0 Å². The monoisotopic (exact) mass is 305 g/mol. The standard InChI is InChI=1S/C15H15NO4S/c17-10-11(18)9-16-12-5-1-3-7-14(12)21(19,20)15-8-4-2-6-13(15)16/h1-8,11,17-18H,9-10H2. The van der Waals surface area contributed by atoms with E-state index in [4.69, 9.17) is 5.11 Å². The molecule has 0 amide bonds. The van der Waals surface area contributed by atoms with Crippen molar-refractivity contribution in [3.8, 4) is 0 Å². The fraction of sp³-hybridized carbons (Fsp3) is 0.200. The van der Waals surface area contributed by atoms with Crippen molar-refractivity contribution >= 4 is 21.2 Å². The van der Waals surface area contributed by atoms with Crippen molar-refractivity contribution in [2.45, 2.75) is 15.9 Å². The van der Waals surface area contributed by atoms with Gasteiger partial charge in [-0.25, -0.2) is 8.42 Å². The first-order valence-corrected chi connectivity index (χ1v) is 8.03. The molecule has 2 N–H and O–H groups in total. The molecule has 1 aliphatic heterocycles. The predicted octanol–water partition coefficient (Wildman–Crippen LogP) is 1.32. The number of hydrogen-bond donors (Lipinski definition) is 2. The predicted molar refractivity (Wildman–Crippen MR) is 78.4 cm³/mol. The van der Waals surface area contributed by atoms with E-state index in [0.717, 1.165) is 0 Å². The second kappa shape index (κ2) is 5.14. The summed E-state index contributed by atoms with van der Waals surface area (Å²) in [5.74, 6) is 0. The number of hydrogen-bond acceptors (Lipinski definition) is 5. The lowest BCUT2D eigenvalue weighted by Crippen LogP contribution is -2.34. The first kappa shape index (κ1) is 14.1. The second-order valence-electron chi connectivity index (χ2n) is 4.89. The van der Waals surface area contributed by atoms with Gasteiger partial charge in [0.15, 0.2) is 0 Å². The van der Waals surface area contributed by atoms with Crippen LogP contribution in [0.4, 0.5) is 11.4 Å². The lowest BCUT2D eigenvalue weighted by Gasteiger charge is -2.33. The van der Waals surface area contributed by atoms with Crippen LogP contribution in [0.15, 0.2) is 58.3 Å². The highest BCUT2D eigenvalue weighted by molar-refractivity contribution is 7.92. The lowest BCUT2D eigenvalue weighted by atomic mass is 10.2. The average molecular weight is 305 g/mol. The van der Waals surface area contributed by atoms with Gasteiger partial charge >= 0.3 is 0 Å². The van der Waals surface area contributed by atoms with Gasteiger partial charge in [0.25, 0.3) is 0 Å². The van der Waals surface area contributed by atoms with E-state index in [2.05, 4.69) is 0 Å². The van der Waals surface area contributed by atoms with Crippen molar-refractivity contribution in [1.82, 2.24) is 0 Å². The third-order valence-electron chi connectivity index (χ3n) is 3.50. The van der Waals surface area contributed by atoms with Crippen LogP contribution in [0.1, 0.15) is 0 Å². The average Bonchev–Trinajstić information content (AvgIpc) is 2.51. The molecular formula is C15H15NO4S. The van der Waals surface area contributed by atoms with E-state index in [1.807, 2.05) is 0 Å². The van der Waals surface area contributed by atoms with E-state index in [1.54, 1.807) is 53.4 Å². The fourth-order valence-electron chi connectivity index (χ4n) is 2.53. The Hall–Kier alpha value is -1.89. The second-order valence-corrected chi connectivity index (χ2v) is 6.77. The van der Waals surface area contributed by atoms with Gasteiger partial charge < -0.3 is 15.1 Å². The Kier molecular flexibility index (Phi) is 3.44. The number of rotatable bonds is 3. The molecule has 1 heterocycles. The molecule has 0 saturated heterocycles. The van der Waals surface area contributed by atoms with Crippen molar-refractivity contribution < 1.29 is 18.6 Å². The smallest absolute Gasteiger partial charge is 0.210 e. The van der Waals surface area contributed by atoms with Crippen molar-refractivity contribution in [3.05, 3.63) is 48.5 Å². The zero-order valence-electron chi connectivity index (χ0n) is 11.2. The van der Waals surface area contributed by atoms with Crippen LogP contribution in [0.25, 0.3) is 0 Å². The van der Waals surface area contributed by atoms with Crippen LogP contribution < -0.4 is 4.90 Å². The minimum atomic E-state index is -3.56. The van der Waals surface area contributed by atoms with Gasteiger partial charge in [0, 0.05) is 0 Å². The number of β-amino-alcohol motifs (C(OH)–C–C–N with tert-alkyl or cyclic N) is 1.